The number of likely N-dealkylation sites (N-methyl/N-ethyl adjacent to an activating group) is 1. The zero-order chi connectivity index (χ0) is 13.1. The summed E-state index contributed by atoms with van der Waals surface area (Å²) in [4.78, 5) is 4.71. The van der Waals surface area contributed by atoms with Crippen molar-refractivity contribution < 1.29 is 4.74 Å². The molecule has 19 heavy (non-hydrogen) atoms. The molecule has 0 spiro atoms. The number of anilines is 1. The van der Waals surface area contributed by atoms with Crippen LogP contribution in [0.1, 0.15) is 0 Å². The monoisotopic (exact) mass is 277 g/mol. The van der Waals surface area contributed by atoms with Gasteiger partial charge >= 0.3 is 0 Å². The number of rotatable bonds is 4. The third-order valence-electron chi connectivity index (χ3n) is 3.58. The molecule has 1 aliphatic heterocycles. The van der Waals surface area contributed by atoms with Gasteiger partial charge in [-0.15, -0.1) is 0 Å². The molecule has 1 saturated heterocycles. The van der Waals surface area contributed by atoms with E-state index in [1.807, 2.05) is 0 Å². The van der Waals surface area contributed by atoms with Crippen LogP contribution in [0, 0.1) is 0 Å². The minimum Gasteiger partial charge on any atom is -0.379 e. The molecule has 0 N–H and O–H groups in total. The number of aromatic nitrogens is 1. The second-order valence-corrected chi connectivity index (χ2v) is 5.68. The largest absolute Gasteiger partial charge is 0.379 e. The first-order valence-corrected chi connectivity index (χ1v) is 7.47. The quantitative estimate of drug-likeness (QED) is 0.855. The number of hydrogen-bond acceptors (Lipinski definition) is 5. The standard InChI is InChI=1S/C14H19N3OS/c1-16(6-7-17-8-10-18-11-9-17)14-12-4-2-3-5-13(12)19-15-14/h2-5H,6-11H2,1H3. The first-order valence-electron chi connectivity index (χ1n) is 6.70. The predicted octanol–water partition coefficient (Wildman–Crippen LogP) is 2.06. The van der Waals surface area contributed by atoms with Crippen LogP contribution >= 0.6 is 11.5 Å². The molecule has 0 aliphatic carbocycles. The van der Waals surface area contributed by atoms with Crippen LogP contribution in [0.25, 0.3) is 10.1 Å². The molecule has 1 aromatic carbocycles. The highest BCUT2D eigenvalue weighted by Gasteiger charge is 2.13. The average molecular weight is 277 g/mol. The molecule has 0 bridgehead atoms. The molecule has 1 aliphatic rings. The number of fused-ring (bicyclic) bond motifs is 1. The van der Waals surface area contributed by atoms with E-state index >= 15 is 0 Å². The van der Waals surface area contributed by atoms with E-state index in [4.69, 9.17) is 4.74 Å². The smallest absolute Gasteiger partial charge is 0.149 e. The lowest BCUT2D eigenvalue weighted by Crippen LogP contribution is -2.40. The number of benzene rings is 1. The maximum atomic E-state index is 5.37. The molecule has 1 fully saturated rings. The summed E-state index contributed by atoms with van der Waals surface area (Å²) in [5.41, 5.74) is 0. The van der Waals surface area contributed by atoms with Crippen LogP contribution in [-0.2, 0) is 4.74 Å². The van der Waals surface area contributed by atoms with Gasteiger partial charge in [0.2, 0.25) is 0 Å². The molecular formula is C14H19N3OS. The van der Waals surface area contributed by atoms with Gasteiger partial charge in [-0.1, -0.05) is 12.1 Å². The van der Waals surface area contributed by atoms with Crippen molar-refractivity contribution in [2.45, 2.75) is 0 Å². The highest BCUT2D eigenvalue weighted by molar-refractivity contribution is 7.13. The third kappa shape index (κ3) is 2.88. The number of hydrogen-bond donors (Lipinski definition) is 0. The van der Waals surface area contributed by atoms with E-state index in [0.29, 0.717) is 0 Å². The molecule has 0 amide bonds. The second kappa shape index (κ2) is 5.86. The second-order valence-electron chi connectivity index (χ2n) is 4.88. The highest BCUT2D eigenvalue weighted by Crippen LogP contribution is 2.28. The van der Waals surface area contributed by atoms with Gasteiger partial charge in [0, 0.05) is 38.6 Å². The van der Waals surface area contributed by atoms with Crippen LogP contribution in [0.3, 0.4) is 0 Å². The molecule has 4 nitrogen and oxygen atoms in total. The maximum Gasteiger partial charge on any atom is 0.149 e. The van der Waals surface area contributed by atoms with Gasteiger partial charge in [0.1, 0.15) is 5.82 Å². The molecule has 0 unspecified atom stereocenters. The fraction of sp³-hybridized carbons (Fsp3) is 0.500. The summed E-state index contributed by atoms with van der Waals surface area (Å²) in [7, 11) is 2.13. The summed E-state index contributed by atoms with van der Waals surface area (Å²) in [6.07, 6.45) is 0. The zero-order valence-electron chi connectivity index (χ0n) is 11.2. The Bertz CT molecular complexity index is 536. The van der Waals surface area contributed by atoms with Gasteiger partial charge in [-0.25, -0.2) is 0 Å². The van der Waals surface area contributed by atoms with Crippen molar-refractivity contribution in [2.75, 3.05) is 51.3 Å². The van der Waals surface area contributed by atoms with Crippen LogP contribution in [0.15, 0.2) is 24.3 Å². The average Bonchev–Trinajstić information content (AvgIpc) is 2.90. The van der Waals surface area contributed by atoms with Crippen LogP contribution in [-0.4, -0.2) is 55.7 Å². The molecule has 2 aromatic rings. The number of morpholine rings is 1. The Morgan fingerprint density at radius 1 is 1.32 bits per heavy atom. The molecular weight excluding hydrogens is 258 g/mol. The highest BCUT2D eigenvalue weighted by atomic mass is 32.1. The third-order valence-corrected chi connectivity index (χ3v) is 4.39. The maximum absolute atomic E-state index is 5.37. The first kappa shape index (κ1) is 12.8. The topological polar surface area (TPSA) is 28.6 Å². The van der Waals surface area contributed by atoms with Crippen molar-refractivity contribution in [3.05, 3.63) is 24.3 Å². The molecule has 3 rings (SSSR count). The lowest BCUT2D eigenvalue weighted by molar-refractivity contribution is 0.0393. The normalized spacial score (nSPS) is 16.9. The Morgan fingerprint density at radius 2 is 2.11 bits per heavy atom. The van der Waals surface area contributed by atoms with Gasteiger partial charge in [0.05, 0.1) is 17.9 Å². The SMILES string of the molecule is CN(CCN1CCOCC1)c1nsc2ccccc12. The van der Waals surface area contributed by atoms with Gasteiger partial charge in [0.15, 0.2) is 0 Å². The Hall–Kier alpha value is -1.17. The van der Waals surface area contributed by atoms with Gasteiger partial charge in [-0.3, -0.25) is 4.90 Å². The fourth-order valence-electron chi connectivity index (χ4n) is 2.37. The number of nitrogens with zero attached hydrogens (tertiary/aromatic N) is 3. The Balaban J connectivity index is 1.64. The summed E-state index contributed by atoms with van der Waals surface area (Å²) < 4.78 is 11.2. The first-order chi connectivity index (χ1) is 9.34. The predicted molar refractivity (Wildman–Crippen MR) is 80.1 cm³/mol. The molecule has 0 radical (unpaired) electrons. The summed E-state index contributed by atoms with van der Waals surface area (Å²) in [6, 6.07) is 8.43. The van der Waals surface area contributed by atoms with Crippen molar-refractivity contribution in [3.8, 4) is 0 Å². The van der Waals surface area contributed by atoms with Gasteiger partial charge in [0.25, 0.3) is 0 Å². The van der Waals surface area contributed by atoms with E-state index in [-0.39, 0.29) is 0 Å². The van der Waals surface area contributed by atoms with Crippen molar-refractivity contribution in [2.24, 2.45) is 0 Å². The van der Waals surface area contributed by atoms with E-state index in [9.17, 15) is 0 Å². The van der Waals surface area contributed by atoms with E-state index in [1.165, 1.54) is 10.1 Å². The van der Waals surface area contributed by atoms with Crippen molar-refractivity contribution in [3.63, 3.8) is 0 Å². The molecule has 2 heterocycles. The summed E-state index contributed by atoms with van der Waals surface area (Å²) in [6.45, 7) is 5.91. The molecule has 0 atom stereocenters. The van der Waals surface area contributed by atoms with E-state index in [0.717, 1.165) is 45.2 Å². The minimum absolute atomic E-state index is 0.864. The summed E-state index contributed by atoms with van der Waals surface area (Å²) in [5.74, 6) is 1.11. The van der Waals surface area contributed by atoms with E-state index in [1.54, 1.807) is 11.5 Å². The van der Waals surface area contributed by atoms with Gasteiger partial charge in [-0.2, -0.15) is 4.37 Å². The lowest BCUT2D eigenvalue weighted by Gasteiger charge is -2.28. The van der Waals surface area contributed by atoms with E-state index in [2.05, 4.69) is 45.5 Å². The Morgan fingerprint density at radius 3 is 2.95 bits per heavy atom. The van der Waals surface area contributed by atoms with Crippen LogP contribution < -0.4 is 4.90 Å². The van der Waals surface area contributed by atoms with Crippen LogP contribution in [0.4, 0.5) is 5.82 Å². The Kier molecular flexibility index (Phi) is 3.96. The molecule has 0 saturated carbocycles. The fourth-order valence-corrected chi connectivity index (χ4v) is 3.19. The lowest BCUT2D eigenvalue weighted by atomic mass is 10.2. The van der Waals surface area contributed by atoms with Crippen LogP contribution in [0.2, 0.25) is 0 Å². The van der Waals surface area contributed by atoms with Crippen molar-refractivity contribution in [1.82, 2.24) is 9.27 Å². The minimum atomic E-state index is 0.864. The van der Waals surface area contributed by atoms with E-state index < -0.39 is 0 Å². The van der Waals surface area contributed by atoms with Crippen molar-refractivity contribution in [1.29, 1.82) is 0 Å². The van der Waals surface area contributed by atoms with Crippen molar-refractivity contribution >= 4 is 27.4 Å². The zero-order valence-corrected chi connectivity index (χ0v) is 12.0. The van der Waals surface area contributed by atoms with Gasteiger partial charge < -0.3 is 9.64 Å². The number of ether oxygens (including phenoxy) is 1. The van der Waals surface area contributed by atoms with Crippen LogP contribution in [0.5, 0.6) is 0 Å². The molecule has 1 aromatic heterocycles. The molecule has 102 valence electrons. The Labute approximate surface area is 117 Å². The summed E-state index contributed by atoms with van der Waals surface area (Å²) >= 11 is 1.58. The summed E-state index contributed by atoms with van der Waals surface area (Å²) in [5, 5.41) is 1.26. The molecule has 5 heteroatoms. The van der Waals surface area contributed by atoms with Gasteiger partial charge in [-0.05, 0) is 23.7 Å².